The molecule has 1 aliphatic rings. The highest BCUT2D eigenvalue weighted by Crippen LogP contribution is 2.20. The molecule has 0 bridgehead atoms. The zero-order valence-electron chi connectivity index (χ0n) is 9.90. The Hall–Kier alpha value is -1.75. The zero-order chi connectivity index (χ0) is 12.4. The van der Waals surface area contributed by atoms with E-state index in [0.29, 0.717) is 24.1 Å². The molecule has 0 saturated carbocycles. The maximum absolute atomic E-state index is 13.0. The minimum atomic E-state index is -0.240. The van der Waals surface area contributed by atoms with Gasteiger partial charge in [-0.2, -0.15) is 4.98 Å². The summed E-state index contributed by atoms with van der Waals surface area (Å²) in [5.74, 6) is 1.38. The van der Waals surface area contributed by atoms with Crippen molar-refractivity contribution in [2.75, 3.05) is 13.1 Å². The van der Waals surface area contributed by atoms with Gasteiger partial charge in [0.2, 0.25) is 5.89 Å². The molecule has 18 heavy (non-hydrogen) atoms. The summed E-state index contributed by atoms with van der Waals surface area (Å²) >= 11 is 0. The number of nitrogens with one attached hydrogen (secondary N) is 1. The number of aromatic nitrogens is 2. The van der Waals surface area contributed by atoms with Crippen LogP contribution in [0.4, 0.5) is 4.39 Å². The van der Waals surface area contributed by atoms with Crippen LogP contribution >= 0.6 is 0 Å². The topological polar surface area (TPSA) is 51.0 Å². The van der Waals surface area contributed by atoms with Crippen LogP contribution in [-0.2, 0) is 6.42 Å². The highest BCUT2D eigenvalue weighted by molar-refractivity contribution is 5.19. The maximum atomic E-state index is 13.0. The fourth-order valence-corrected chi connectivity index (χ4v) is 2.20. The number of rotatable bonds is 3. The van der Waals surface area contributed by atoms with Gasteiger partial charge in [-0.25, -0.2) is 4.39 Å². The summed E-state index contributed by atoms with van der Waals surface area (Å²) in [6.07, 6.45) is 1.53. The Morgan fingerprint density at radius 1 is 1.44 bits per heavy atom. The molecule has 1 aromatic carbocycles. The summed E-state index contributed by atoms with van der Waals surface area (Å²) in [5, 5.41) is 7.21. The molecule has 4 nitrogen and oxygen atoms in total. The van der Waals surface area contributed by atoms with E-state index in [2.05, 4.69) is 15.5 Å². The quantitative estimate of drug-likeness (QED) is 0.899. The van der Waals surface area contributed by atoms with E-state index in [0.717, 1.165) is 25.1 Å². The van der Waals surface area contributed by atoms with Gasteiger partial charge in [-0.05, 0) is 30.7 Å². The van der Waals surface area contributed by atoms with Gasteiger partial charge in [0, 0.05) is 13.0 Å². The Morgan fingerprint density at radius 3 is 3.17 bits per heavy atom. The van der Waals surface area contributed by atoms with Gasteiger partial charge in [-0.1, -0.05) is 17.3 Å². The van der Waals surface area contributed by atoms with Crippen LogP contribution in [0.25, 0.3) is 0 Å². The lowest BCUT2D eigenvalue weighted by atomic mass is 10.1. The van der Waals surface area contributed by atoms with Crippen molar-refractivity contribution in [1.29, 1.82) is 0 Å². The lowest BCUT2D eigenvalue weighted by molar-refractivity contribution is 0.355. The van der Waals surface area contributed by atoms with Crippen LogP contribution in [-0.4, -0.2) is 23.2 Å². The minimum absolute atomic E-state index is 0.240. The molecular weight excluding hydrogens is 233 g/mol. The van der Waals surface area contributed by atoms with E-state index in [-0.39, 0.29) is 5.82 Å². The number of halogens is 1. The second kappa shape index (κ2) is 4.86. The van der Waals surface area contributed by atoms with Gasteiger partial charge in [0.25, 0.3) is 0 Å². The molecule has 0 spiro atoms. The van der Waals surface area contributed by atoms with Crippen LogP contribution in [0.15, 0.2) is 28.8 Å². The molecule has 1 aromatic heterocycles. The molecule has 1 saturated heterocycles. The first-order chi connectivity index (χ1) is 8.81. The van der Waals surface area contributed by atoms with Gasteiger partial charge >= 0.3 is 0 Å². The standard InChI is InChI=1S/C13H14FN3O/c14-11-3-1-2-9(6-11)7-12-16-13(18-17-12)10-4-5-15-8-10/h1-3,6,10,15H,4-5,7-8H2/t10-/m1/s1. The molecule has 1 aliphatic heterocycles. The van der Waals surface area contributed by atoms with E-state index >= 15 is 0 Å². The molecule has 1 N–H and O–H groups in total. The first kappa shape index (κ1) is 11.3. The maximum Gasteiger partial charge on any atom is 0.231 e. The van der Waals surface area contributed by atoms with Crippen molar-refractivity contribution in [2.45, 2.75) is 18.8 Å². The lowest BCUT2D eigenvalue weighted by Crippen LogP contribution is -2.08. The van der Waals surface area contributed by atoms with Crippen LogP contribution in [0.2, 0.25) is 0 Å². The average Bonchev–Trinajstić information content (AvgIpc) is 2.98. The summed E-state index contributed by atoms with van der Waals surface area (Å²) in [4.78, 5) is 4.38. The Labute approximate surface area is 104 Å². The van der Waals surface area contributed by atoms with Gasteiger partial charge < -0.3 is 9.84 Å². The molecule has 5 heteroatoms. The molecule has 1 fully saturated rings. The molecule has 2 aromatic rings. The molecule has 3 rings (SSSR count). The first-order valence-corrected chi connectivity index (χ1v) is 6.09. The van der Waals surface area contributed by atoms with Crippen LogP contribution in [0.1, 0.15) is 29.6 Å². The van der Waals surface area contributed by atoms with Crippen LogP contribution < -0.4 is 5.32 Å². The Balaban J connectivity index is 1.73. The smallest absolute Gasteiger partial charge is 0.231 e. The largest absolute Gasteiger partial charge is 0.339 e. The number of benzene rings is 1. The number of nitrogens with zero attached hydrogens (tertiary/aromatic N) is 2. The number of hydrogen-bond acceptors (Lipinski definition) is 4. The Kier molecular flexibility index (Phi) is 3.06. The molecule has 2 heterocycles. The molecule has 0 radical (unpaired) electrons. The van der Waals surface area contributed by atoms with Crippen molar-refractivity contribution >= 4 is 0 Å². The predicted molar refractivity (Wildman–Crippen MR) is 63.7 cm³/mol. The van der Waals surface area contributed by atoms with Gasteiger partial charge in [0.05, 0.1) is 5.92 Å². The zero-order valence-corrected chi connectivity index (χ0v) is 9.90. The monoisotopic (exact) mass is 247 g/mol. The highest BCUT2D eigenvalue weighted by Gasteiger charge is 2.22. The van der Waals surface area contributed by atoms with Crippen LogP contribution in [0.3, 0.4) is 0 Å². The van der Waals surface area contributed by atoms with E-state index < -0.39 is 0 Å². The fraction of sp³-hybridized carbons (Fsp3) is 0.385. The molecule has 0 aliphatic carbocycles. The third kappa shape index (κ3) is 2.41. The Morgan fingerprint density at radius 2 is 2.39 bits per heavy atom. The van der Waals surface area contributed by atoms with Gasteiger partial charge in [0.1, 0.15) is 5.82 Å². The van der Waals surface area contributed by atoms with E-state index in [1.807, 2.05) is 6.07 Å². The SMILES string of the molecule is Fc1cccc(Cc2noc([C@@H]3CCNC3)n2)c1. The molecule has 0 amide bonds. The minimum Gasteiger partial charge on any atom is -0.339 e. The molecule has 0 unspecified atom stereocenters. The number of hydrogen-bond donors (Lipinski definition) is 1. The normalized spacial score (nSPS) is 19.3. The van der Waals surface area contributed by atoms with Crippen molar-refractivity contribution in [3.05, 3.63) is 47.4 Å². The third-order valence-corrected chi connectivity index (χ3v) is 3.14. The summed E-state index contributed by atoms with van der Waals surface area (Å²) in [7, 11) is 0. The Bertz CT molecular complexity index is 535. The van der Waals surface area contributed by atoms with E-state index in [1.54, 1.807) is 6.07 Å². The summed E-state index contributed by atoms with van der Waals surface area (Å²) in [6.45, 7) is 1.88. The lowest BCUT2D eigenvalue weighted by Gasteiger charge is -1.99. The van der Waals surface area contributed by atoms with Gasteiger partial charge in [-0.15, -0.1) is 0 Å². The van der Waals surface area contributed by atoms with Crippen LogP contribution in [0.5, 0.6) is 0 Å². The second-order valence-electron chi connectivity index (χ2n) is 4.55. The van der Waals surface area contributed by atoms with E-state index in [4.69, 9.17) is 4.52 Å². The van der Waals surface area contributed by atoms with Crippen molar-refractivity contribution in [1.82, 2.24) is 15.5 Å². The summed E-state index contributed by atoms with van der Waals surface area (Å²) < 4.78 is 18.3. The highest BCUT2D eigenvalue weighted by atomic mass is 19.1. The van der Waals surface area contributed by atoms with Crippen molar-refractivity contribution in [2.24, 2.45) is 0 Å². The molecule has 94 valence electrons. The second-order valence-corrected chi connectivity index (χ2v) is 4.55. The fourth-order valence-electron chi connectivity index (χ4n) is 2.20. The summed E-state index contributed by atoms with van der Waals surface area (Å²) in [5.41, 5.74) is 0.854. The van der Waals surface area contributed by atoms with E-state index in [9.17, 15) is 4.39 Å². The van der Waals surface area contributed by atoms with E-state index in [1.165, 1.54) is 12.1 Å². The third-order valence-electron chi connectivity index (χ3n) is 3.14. The van der Waals surface area contributed by atoms with Crippen molar-refractivity contribution < 1.29 is 8.91 Å². The van der Waals surface area contributed by atoms with Gasteiger partial charge in [-0.3, -0.25) is 0 Å². The van der Waals surface area contributed by atoms with Crippen LogP contribution in [0, 0.1) is 5.82 Å². The average molecular weight is 247 g/mol. The van der Waals surface area contributed by atoms with Crippen molar-refractivity contribution in [3.63, 3.8) is 0 Å². The van der Waals surface area contributed by atoms with Gasteiger partial charge in [0.15, 0.2) is 5.82 Å². The summed E-state index contributed by atoms with van der Waals surface area (Å²) in [6, 6.07) is 6.46. The predicted octanol–water partition coefficient (Wildman–Crippen LogP) is 1.88. The van der Waals surface area contributed by atoms with Crippen molar-refractivity contribution in [3.8, 4) is 0 Å². The first-order valence-electron chi connectivity index (χ1n) is 6.09. The molecule has 1 atom stereocenters. The molecular formula is C13H14FN3O.